The van der Waals surface area contributed by atoms with Gasteiger partial charge >= 0.3 is 0 Å². The molecule has 0 aliphatic carbocycles. The van der Waals surface area contributed by atoms with E-state index >= 15 is 0 Å². The zero-order valence-corrected chi connectivity index (χ0v) is 12.5. The van der Waals surface area contributed by atoms with Gasteiger partial charge in [0.2, 0.25) is 0 Å². The number of hydrogen-bond acceptors (Lipinski definition) is 3. The molecule has 0 aromatic heterocycles. The van der Waals surface area contributed by atoms with Crippen molar-refractivity contribution in [2.24, 2.45) is 11.7 Å². The molecular formula is C15H33N3. The van der Waals surface area contributed by atoms with E-state index in [0.717, 1.165) is 12.5 Å². The second-order valence-electron chi connectivity index (χ2n) is 5.89. The summed E-state index contributed by atoms with van der Waals surface area (Å²) < 4.78 is 0. The average molecular weight is 255 g/mol. The summed E-state index contributed by atoms with van der Waals surface area (Å²) in [7, 11) is 0. The summed E-state index contributed by atoms with van der Waals surface area (Å²) in [4.78, 5) is 5.27. The molecule has 1 rings (SSSR count). The van der Waals surface area contributed by atoms with Crippen LogP contribution in [0.4, 0.5) is 0 Å². The van der Waals surface area contributed by atoms with Crippen molar-refractivity contribution in [3.05, 3.63) is 0 Å². The molecule has 0 amide bonds. The van der Waals surface area contributed by atoms with Crippen molar-refractivity contribution in [2.45, 2.75) is 46.0 Å². The van der Waals surface area contributed by atoms with Crippen molar-refractivity contribution in [1.29, 1.82) is 0 Å². The Labute approximate surface area is 114 Å². The topological polar surface area (TPSA) is 32.5 Å². The Kier molecular flexibility index (Phi) is 8.64. The van der Waals surface area contributed by atoms with Gasteiger partial charge in [-0.3, -0.25) is 0 Å². The third kappa shape index (κ3) is 6.72. The first kappa shape index (κ1) is 15.9. The first-order valence-electron chi connectivity index (χ1n) is 7.91. The maximum absolute atomic E-state index is 5.52. The Morgan fingerprint density at radius 1 is 1.00 bits per heavy atom. The SMILES string of the molecule is CCCC(C)CN1CCN(CCCCCN)CC1. The minimum atomic E-state index is 0.850. The number of unbranched alkanes of at least 4 members (excludes halogenated alkanes) is 2. The first-order chi connectivity index (χ1) is 8.76. The van der Waals surface area contributed by atoms with E-state index in [9.17, 15) is 0 Å². The monoisotopic (exact) mass is 255 g/mol. The van der Waals surface area contributed by atoms with Crippen molar-refractivity contribution in [2.75, 3.05) is 45.8 Å². The normalized spacial score (nSPS) is 20.2. The van der Waals surface area contributed by atoms with E-state index in [1.54, 1.807) is 0 Å². The molecule has 1 aliphatic rings. The van der Waals surface area contributed by atoms with Crippen LogP contribution in [-0.2, 0) is 0 Å². The lowest BCUT2D eigenvalue weighted by Crippen LogP contribution is -2.47. The Morgan fingerprint density at radius 3 is 2.28 bits per heavy atom. The van der Waals surface area contributed by atoms with Crippen LogP contribution in [-0.4, -0.2) is 55.6 Å². The van der Waals surface area contributed by atoms with Gasteiger partial charge in [-0.25, -0.2) is 0 Å². The number of nitrogens with two attached hydrogens (primary N) is 1. The molecule has 0 aromatic rings. The molecule has 108 valence electrons. The highest BCUT2D eigenvalue weighted by Crippen LogP contribution is 2.10. The van der Waals surface area contributed by atoms with Gasteiger partial charge in [0.05, 0.1) is 0 Å². The molecule has 0 radical (unpaired) electrons. The van der Waals surface area contributed by atoms with E-state index in [1.807, 2.05) is 0 Å². The predicted molar refractivity (Wildman–Crippen MR) is 79.9 cm³/mol. The summed E-state index contributed by atoms with van der Waals surface area (Å²) in [5, 5.41) is 0. The van der Waals surface area contributed by atoms with Crippen molar-refractivity contribution in [3.63, 3.8) is 0 Å². The van der Waals surface area contributed by atoms with Crippen LogP contribution in [0, 0.1) is 5.92 Å². The van der Waals surface area contributed by atoms with Gasteiger partial charge < -0.3 is 15.5 Å². The molecule has 1 heterocycles. The molecule has 3 nitrogen and oxygen atoms in total. The van der Waals surface area contributed by atoms with Crippen LogP contribution in [0.3, 0.4) is 0 Å². The fourth-order valence-corrected chi connectivity index (χ4v) is 2.88. The van der Waals surface area contributed by atoms with E-state index < -0.39 is 0 Å². The highest BCUT2D eigenvalue weighted by molar-refractivity contribution is 4.73. The third-order valence-corrected chi connectivity index (χ3v) is 3.99. The lowest BCUT2D eigenvalue weighted by Gasteiger charge is -2.36. The lowest BCUT2D eigenvalue weighted by atomic mass is 10.1. The molecule has 1 saturated heterocycles. The second kappa shape index (κ2) is 9.76. The summed E-state index contributed by atoms with van der Waals surface area (Å²) >= 11 is 0. The van der Waals surface area contributed by atoms with Crippen LogP contribution in [0.25, 0.3) is 0 Å². The fourth-order valence-electron chi connectivity index (χ4n) is 2.88. The molecular weight excluding hydrogens is 222 g/mol. The number of nitrogens with zero attached hydrogens (tertiary/aromatic N) is 2. The van der Waals surface area contributed by atoms with Crippen LogP contribution < -0.4 is 5.73 Å². The summed E-state index contributed by atoms with van der Waals surface area (Å²) in [6, 6.07) is 0. The molecule has 3 heteroatoms. The molecule has 1 fully saturated rings. The van der Waals surface area contributed by atoms with Gasteiger partial charge in [0.1, 0.15) is 0 Å². The number of hydrogen-bond donors (Lipinski definition) is 1. The van der Waals surface area contributed by atoms with E-state index in [-0.39, 0.29) is 0 Å². The molecule has 1 unspecified atom stereocenters. The van der Waals surface area contributed by atoms with Gasteiger partial charge in [-0.2, -0.15) is 0 Å². The van der Waals surface area contributed by atoms with E-state index in [0.29, 0.717) is 0 Å². The molecule has 0 bridgehead atoms. The summed E-state index contributed by atoms with van der Waals surface area (Å²) in [5.41, 5.74) is 5.52. The third-order valence-electron chi connectivity index (χ3n) is 3.99. The second-order valence-corrected chi connectivity index (χ2v) is 5.89. The zero-order valence-electron chi connectivity index (χ0n) is 12.5. The maximum Gasteiger partial charge on any atom is 0.0110 e. The van der Waals surface area contributed by atoms with Crippen LogP contribution in [0.2, 0.25) is 0 Å². The first-order valence-corrected chi connectivity index (χ1v) is 7.91. The minimum absolute atomic E-state index is 0.850. The quantitative estimate of drug-likeness (QED) is 0.641. The largest absolute Gasteiger partial charge is 0.330 e. The van der Waals surface area contributed by atoms with Crippen LogP contribution in [0.1, 0.15) is 46.0 Å². The highest BCUT2D eigenvalue weighted by atomic mass is 15.3. The minimum Gasteiger partial charge on any atom is -0.330 e. The van der Waals surface area contributed by atoms with Gasteiger partial charge in [-0.05, 0) is 38.3 Å². The van der Waals surface area contributed by atoms with Gasteiger partial charge in [-0.15, -0.1) is 0 Å². The standard InChI is InChI=1S/C15H33N3/c1-3-7-15(2)14-18-12-10-17(11-13-18)9-6-4-5-8-16/h15H,3-14,16H2,1-2H3. The molecule has 0 spiro atoms. The van der Waals surface area contributed by atoms with E-state index in [4.69, 9.17) is 5.73 Å². The average Bonchev–Trinajstić information content (AvgIpc) is 2.37. The van der Waals surface area contributed by atoms with Crippen LogP contribution >= 0.6 is 0 Å². The molecule has 1 atom stereocenters. The smallest absolute Gasteiger partial charge is 0.0110 e. The molecule has 1 aliphatic heterocycles. The number of rotatable bonds is 9. The van der Waals surface area contributed by atoms with Crippen LogP contribution in [0.15, 0.2) is 0 Å². The van der Waals surface area contributed by atoms with E-state index in [1.165, 1.54) is 71.4 Å². The Hall–Kier alpha value is -0.120. The Bertz CT molecular complexity index is 188. The van der Waals surface area contributed by atoms with Gasteiger partial charge in [0.15, 0.2) is 0 Å². The molecule has 0 aromatic carbocycles. The maximum atomic E-state index is 5.52. The Balaban J connectivity index is 2.05. The summed E-state index contributed by atoms with van der Waals surface area (Å²) in [6.07, 6.45) is 6.50. The van der Waals surface area contributed by atoms with E-state index in [2.05, 4.69) is 23.6 Å². The van der Waals surface area contributed by atoms with Gasteiger partial charge in [-0.1, -0.05) is 26.7 Å². The highest BCUT2D eigenvalue weighted by Gasteiger charge is 2.17. The zero-order chi connectivity index (χ0) is 13.2. The van der Waals surface area contributed by atoms with Crippen molar-refractivity contribution in [3.8, 4) is 0 Å². The molecule has 18 heavy (non-hydrogen) atoms. The number of piperazine rings is 1. The van der Waals surface area contributed by atoms with Crippen LogP contribution in [0.5, 0.6) is 0 Å². The molecule has 2 N–H and O–H groups in total. The van der Waals surface area contributed by atoms with Gasteiger partial charge in [0, 0.05) is 32.7 Å². The summed E-state index contributed by atoms with van der Waals surface area (Å²) in [5.74, 6) is 0.867. The predicted octanol–water partition coefficient (Wildman–Crippen LogP) is 2.17. The van der Waals surface area contributed by atoms with Crippen molar-refractivity contribution >= 4 is 0 Å². The Morgan fingerprint density at radius 2 is 1.67 bits per heavy atom. The van der Waals surface area contributed by atoms with Gasteiger partial charge in [0.25, 0.3) is 0 Å². The lowest BCUT2D eigenvalue weighted by molar-refractivity contribution is 0.117. The fraction of sp³-hybridized carbons (Fsp3) is 1.00. The van der Waals surface area contributed by atoms with Crippen molar-refractivity contribution in [1.82, 2.24) is 9.80 Å². The summed E-state index contributed by atoms with van der Waals surface area (Å²) in [6.45, 7) is 13.2. The molecule has 0 saturated carbocycles. The van der Waals surface area contributed by atoms with Crippen molar-refractivity contribution < 1.29 is 0 Å².